The van der Waals surface area contributed by atoms with Crippen LogP contribution in [-0.4, -0.2) is 63.9 Å². The van der Waals surface area contributed by atoms with Gasteiger partial charge in [0, 0.05) is 29.7 Å². The van der Waals surface area contributed by atoms with Crippen molar-refractivity contribution >= 4 is 40.2 Å². The molecule has 2 aliphatic rings. The quantitative estimate of drug-likeness (QED) is 0.511. The number of nitrogens with zero attached hydrogens (tertiary/aromatic N) is 6. The first-order valence-electron chi connectivity index (χ1n) is 12.3. The SMILES string of the molecule is Cc1nn(C(C)c2ccc(Cl)cc2Cl)c2nc(N3CC(C4CCCN(CCCN)C4)C3)cnc12. The molecule has 1 aromatic carbocycles. The molecule has 4 heterocycles. The zero-order chi connectivity index (χ0) is 23.8. The van der Waals surface area contributed by atoms with Crippen molar-refractivity contribution in [3.8, 4) is 0 Å². The van der Waals surface area contributed by atoms with Gasteiger partial charge in [-0.15, -0.1) is 0 Å². The highest BCUT2D eigenvalue weighted by atomic mass is 35.5. The van der Waals surface area contributed by atoms with Crippen molar-refractivity contribution < 1.29 is 0 Å². The van der Waals surface area contributed by atoms with Crippen LogP contribution < -0.4 is 10.6 Å². The van der Waals surface area contributed by atoms with Crippen LogP contribution in [0, 0.1) is 18.8 Å². The highest BCUT2D eigenvalue weighted by molar-refractivity contribution is 6.35. The molecule has 2 aliphatic heterocycles. The van der Waals surface area contributed by atoms with E-state index in [9.17, 15) is 0 Å². The van der Waals surface area contributed by atoms with Gasteiger partial charge in [0.15, 0.2) is 5.65 Å². The Morgan fingerprint density at radius 2 is 2.00 bits per heavy atom. The van der Waals surface area contributed by atoms with Gasteiger partial charge in [0.2, 0.25) is 0 Å². The topological polar surface area (TPSA) is 76.1 Å². The monoisotopic (exact) mass is 501 g/mol. The van der Waals surface area contributed by atoms with E-state index in [1.54, 1.807) is 6.07 Å². The van der Waals surface area contributed by atoms with Gasteiger partial charge >= 0.3 is 0 Å². The van der Waals surface area contributed by atoms with Crippen LogP contribution in [0.4, 0.5) is 5.82 Å². The number of nitrogens with two attached hydrogens (primary N) is 1. The van der Waals surface area contributed by atoms with Gasteiger partial charge in [0.1, 0.15) is 11.3 Å². The van der Waals surface area contributed by atoms with Gasteiger partial charge in [-0.25, -0.2) is 14.6 Å². The minimum atomic E-state index is -0.0867. The first-order chi connectivity index (χ1) is 16.4. The van der Waals surface area contributed by atoms with E-state index >= 15 is 0 Å². The summed E-state index contributed by atoms with van der Waals surface area (Å²) in [5, 5.41) is 6.01. The number of hydrogen-bond acceptors (Lipinski definition) is 6. The first kappa shape index (κ1) is 23.8. The van der Waals surface area contributed by atoms with Crippen LogP contribution in [0.25, 0.3) is 11.2 Å². The van der Waals surface area contributed by atoms with Gasteiger partial charge in [0.05, 0.1) is 17.9 Å². The number of halogens is 2. The van der Waals surface area contributed by atoms with E-state index < -0.39 is 0 Å². The van der Waals surface area contributed by atoms with E-state index in [2.05, 4.69) is 16.7 Å². The number of hydrogen-bond donors (Lipinski definition) is 1. The van der Waals surface area contributed by atoms with Crippen molar-refractivity contribution in [1.82, 2.24) is 24.6 Å². The van der Waals surface area contributed by atoms with Gasteiger partial charge in [-0.2, -0.15) is 5.10 Å². The van der Waals surface area contributed by atoms with E-state index in [1.807, 2.05) is 29.9 Å². The maximum absolute atomic E-state index is 6.49. The van der Waals surface area contributed by atoms with Crippen LogP contribution in [0.2, 0.25) is 10.0 Å². The summed E-state index contributed by atoms with van der Waals surface area (Å²) in [5.41, 5.74) is 9.17. The Morgan fingerprint density at radius 3 is 2.76 bits per heavy atom. The zero-order valence-corrected chi connectivity index (χ0v) is 21.4. The van der Waals surface area contributed by atoms with Gasteiger partial charge in [-0.05, 0) is 82.3 Å². The fourth-order valence-electron chi connectivity index (χ4n) is 5.43. The van der Waals surface area contributed by atoms with Crippen LogP contribution in [0.15, 0.2) is 24.4 Å². The Balaban J connectivity index is 1.32. The molecule has 2 saturated heterocycles. The average Bonchev–Trinajstić information content (AvgIpc) is 3.12. The smallest absolute Gasteiger partial charge is 0.179 e. The Labute approximate surface area is 211 Å². The summed E-state index contributed by atoms with van der Waals surface area (Å²) in [6.45, 7) is 10.5. The number of benzene rings is 1. The predicted molar refractivity (Wildman–Crippen MR) is 139 cm³/mol. The highest BCUT2D eigenvalue weighted by Crippen LogP contribution is 2.35. The first-order valence-corrected chi connectivity index (χ1v) is 13.0. The number of aromatic nitrogens is 4. The summed E-state index contributed by atoms with van der Waals surface area (Å²) in [7, 11) is 0. The summed E-state index contributed by atoms with van der Waals surface area (Å²) in [4.78, 5) is 14.7. The predicted octanol–water partition coefficient (Wildman–Crippen LogP) is 4.55. The van der Waals surface area contributed by atoms with Crippen molar-refractivity contribution in [2.75, 3.05) is 44.2 Å². The molecule has 0 radical (unpaired) electrons. The third-order valence-corrected chi connectivity index (χ3v) is 8.02. The molecule has 2 atom stereocenters. The number of anilines is 1. The van der Waals surface area contributed by atoms with Crippen LogP contribution in [0.5, 0.6) is 0 Å². The standard InChI is InChI=1S/C25H33Cl2N7/c1-16-24-25(34(31-16)17(2)21-7-6-20(26)11-22(21)27)30-23(12-29-24)33-14-19(15-33)18-5-3-9-32(13-18)10-4-8-28/h6-7,11-12,17-19H,3-5,8-10,13-15,28H2,1-2H3. The lowest BCUT2D eigenvalue weighted by molar-refractivity contribution is 0.119. The molecule has 2 unspecified atom stereocenters. The van der Waals surface area contributed by atoms with E-state index in [0.29, 0.717) is 10.0 Å². The number of aryl methyl sites for hydroxylation is 1. The molecule has 182 valence electrons. The van der Waals surface area contributed by atoms with Gasteiger partial charge in [-0.1, -0.05) is 29.3 Å². The Morgan fingerprint density at radius 1 is 1.18 bits per heavy atom. The molecule has 0 aliphatic carbocycles. The Kier molecular flexibility index (Phi) is 6.98. The molecule has 2 N–H and O–H groups in total. The molecule has 7 nitrogen and oxygen atoms in total. The lowest BCUT2D eigenvalue weighted by atomic mass is 9.80. The Bertz CT molecular complexity index is 1160. The van der Waals surface area contributed by atoms with E-state index in [-0.39, 0.29) is 6.04 Å². The second kappa shape index (κ2) is 9.97. The maximum Gasteiger partial charge on any atom is 0.179 e. The number of fused-ring (bicyclic) bond motifs is 1. The van der Waals surface area contributed by atoms with Crippen LogP contribution >= 0.6 is 23.2 Å². The molecule has 0 spiro atoms. The molecule has 0 amide bonds. The van der Waals surface area contributed by atoms with Crippen molar-refractivity contribution in [2.45, 2.75) is 39.2 Å². The third-order valence-electron chi connectivity index (χ3n) is 7.46. The summed E-state index contributed by atoms with van der Waals surface area (Å²) < 4.78 is 1.93. The average molecular weight is 502 g/mol. The van der Waals surface area contributed by atoms with Crippen molar-refractivity contribution in [1.29, 1.82) is 0 Å². The lowest BCUT2D eigenvalue weighted by Crippen LogP contribution is -2.54. The zero-order valence-electron chi connectivity index (χ0n) is 19.9. The normalized spacial score (nSPS) is 20.6. The third kappa shape index (κ3) is 4.63. The molecule has 34 heavy (non-hydrogen) atoms. The number of rotatable bonds is 7. The maximum atomic E-state index is 6.49. The molecule has 5 rings (SSSR count). The van der Waals surface area contributed by atoms with E-state index in [4.69, 9.17) is 44.0 Å². The minimum absolute atomic E-state index is 0.0867. The summed E-state index contributed by atoms with van der Waals surface area (Å²) in [6, 6.07) is 5.50. The second-order valence-electron chi connectivity index (χ2n) is 9.78. The number of piperidine rings is 1. The van der Waals surface area contributed by atoms with Gasteiger partial charge in [0.25, 0.3) is 0 Å². The fourth-order valence-corrected chi connectivity index (χ4v) is 5.99. The highest BCUT2D eigenvalue weighted by Gasteiger charge is 2.36. The van der Waals surface area contributed by atoms with Gasteiger partial charge < -0.3 is 15.5 Å². The second-order valence-corrected chi connectivity index (χ2v) is 10.6. The molecule has 2 aromatic heterocycles. The molecule has 9 heteroatoms. The molecular formula is C25H33Cl2N7. The molecule has 0 saturated carbocycles. The van der Waals surface area contributed by atoms with Crippen LogP contribution in [0.1, 0.15) is 43.5 Å². The molecule has 2 fully saturated rings. The van der Waals surface area contributed by atoms with Crippen molar-refractivity contribution in [3.05, 3.63) is 45.7 Å². The lowest BCUT2D eigenvalue weighted by Gasteiger charge is -2.47. The summed E-state index contributed by atoms with van der Waals surface area (Å²) in [6.07, 6.45) is 5.60. The van der Waals surface area contributed by atoms with Crippen LogP contribution in [-0.2, 0) is 0 Å². The molecule has 0 bridgehead atoms. The van der Waals surface area contributed by atoms with E-state index in [0.717, 1.165) is 72.7 Å². The van der Waals surface area contributed by atoms with Crippen molar-refractivity contribution in [3.63, 3.8) is 0 Å². The van der Waals surface area contributed by atoms with E-state index in [1.165, 1.54) is 25.9 Å². The number of likely N-dealkylation sites (tertiary alicyclic amines) is 1. The Hall–Kier alpha value is -1.93. The summed E-state index contributed by atoms with van der Waals surface area (Å²) in [5.74, 6) is 2.41. The van der Waals surface area contributed by atoms with Crippen molar-refractivity contribution in [2.24, 2.45) is 17.6 Å². The summed E-state index contributed by atoms with van der Waals surface area (Å²) >= 11 is 12.6. The molecule has 3 aromatic rings. The van der Waals surface area contributed by atoms with Gasteiger partial charge in [-0.3, -0.25) is 0 Å². The van der Waals surface area contributed by atoms with Crippen LogP contribution in [0.3, 0.4) is 0 Å². The fraction of sp³-hybridized carbons (Fsp3) is 0.560. The minimum Gasteiger partial charge on any atom is -0.355 e. The molecular weight excluding hydrogens is 469 g/mol. The largest absolute Gasteiger partial charge is 0.355 e.